The number of halogens is 2. The number of rotatable bonds is 1. The highest BCUT2D eigenvalue weighted by molar-refractivity contribution is 14.1. The van der Waals surface area contributed by atoms with Crippen LogP contribution in [0.4, 0.5) is 5.82 Å². The smallest absolute Gasteiger partial charge is 0.162 e. The van der Waals surface area contributed by atoms with Gasteiger partial charge in [-0.2, -0.15) is 0 Å². The van der Waals surface area contributed by atoms with Crippen LogP contribution in [0.3, 0.4) is 0 Å². The van der Waals surface area contributed by atoms with E-state index in [9.17, 15) is 0 Å². The summed E-state index contributed by atoms with van der Waals surface area (Å²) in [5, 5.41) is 0.437. The summed E-state index contributed by atoms with van der Waals surface area (Å²) in [4.78, 5) is 10.6. The summed E-state index contributed by atoms with van der Waals surface area (Å²) >= 11 is 7.97. The maximum atomic E-state index is 5.80. The van der Waals surface area contributed by atoms with Crippen LogP contribution in [0.2, 0.25) is 5.15 Å². The fourth-order valence-corrected chi connectivity index (χ4v) is 2.05. The highest BCUT2D eigenvalue weighted by Crippen LogP contribution is 2.20. The molecule has 14 heavy (non-hydrogen) atoms. The first-order chi connectivity index (χ1) is 6.77. The van der Waals surface area contributed by atoms with Crippen LogP contribution >= 0.6 is 34.2 Å². The number of ether oxygens (including phenoxy) is 1. The third-order valence-electron chi connectivity index (χ3n) is 1.99. The summed E-state index contributed by atoms with van der Waals surface area (Å²) in [7, 11) is 0. The van der Waals surface area contributed by atoms with E-state index in [1.165, 1.54) is 0 Å². The van der Waals surface area contributed by atoms with E-state index in [1.807, 2.05) is 0 Å². The topological polar surface area (TPSA) is 38.2 Å². The zero-order valence-corrected chi connectivity index (χ0v) is 10.3. The lowest BCUT2D eigenvalue weighted by molar-refractivity contribution is 0.122. The molecule has 0 aliphatic carbocycles. The lowest BCUT2D eigenvalue weighted by atomic mass is 10.4. The van der Waals surface area contributed by atoms with Crippen LogP contribution in [0.1, 0.15) is 0 Å². The Morgan fingerprint density at radius 1 is 1.43 bits per heavy atom. The van der Waals surface area contributed by atoms with Gasteiger partial charge in [0.05, 0.1) is 19.4 Å². The molecule has 1 aromatic heterocycles. The number of aromatic nitrogens is 2. The molecule has 0 bridgehead atoms. The van der Waals surface area contributed by atoms with Gasteiger partial charge in [0.25, 0.3) is 0 Å². The quantitative estimate of drug-likeness (QED) is 0.735. The average molecular weight is 326 g/mol. The van der Waals surface area contributed by atoms with Crippen molar-refractivity contribution in [3.63, 3.8) is 0 Å². The third-order valence-corrected chi connectivity index (χ3v) is 2.94. The van der Waals surface area contributed by atoms with Crippen LogP contribution in [0.25, 0.3) is 0 Å². The molecule has 1 saturated heterocycles. The lowest BCUT2D eigenvalue weighted by Gasteiger charge is -2.28. The van der Waals surface area contributed by atoms with Crippen molar-refractivity contribution in [2.45, 2.75) is 0 Å². The Kier molecular flexibility index (Phi) is 3.40. The maximum absolute atomic E-state index is 5.80. The van der Waals surface area contributed by atoms with Gasteiger partial charge in [0.1, 0.15) is 8.85 Å². The normalized spacial score (nSPS) is 17.1. The first-order valence-electron chi connectivity index (χ1n) is 4.28. The van der Waals surface area contributed by atoms with Crippen molar-refractivity contribution in [3.05, 3.63) is 15.1 Å². The molecule has 6 heteroatoms. The standard InChI is InChI=1S/C8H9ClIN3O/c9-6-5-11-7(10)8(12-6)13-1-3-14-4-2-13/h5H,1-4H2. The van der Waals surface area contributed by atoms with Crippen molar-refractivity contribution in [2.24, 2.45) is 0 Å². The SMILES string of the molecule is Clc1cnc(I)c(N2CCOCC2)n1. The molecule has 2 rings (SSSR count). The first kappa shape index (κ1) is 10.4. The zero-order chi connectivity index (χ0) is 9.97. The molecule has 1 fully saturated rings. The molecule has 0 N–H and O–H groups in total. The molecular weight excluding hydrogens is 316 g/mol. The van der Waals surface area contributed by atoms with Crippen molar-refractivity contribution < 1.29 is 4.74 Å². The van der Waals surface area contributed by atoms with Crippen LogP contribution in [0, 0.1) is 3.70 Å². The second-order valence-corrected chi connectivity index (χ2v) is 4.32. The minimum atomic E-state index is 0.437. The van der Waals surface area contributed by atoms with Gasteiger partial charge in [-0.1, -0.05) is 11.6 Å². The Labute approximate surface area is 101 Å². The summed E-state index contributed by atoms with van der Waals surface area (Å²) < 4.78 is 6.15. The van der Waals surface area contributed by atoms with Gasteiger partial charge in [0, 0.05) is 13.1 Å². The highest BCUT2D eigenvalue weighted by atomic mass is 127. The molecule has 1 aliphatic heterocycles. The Hall–Kier alpha value is -0.140. The minimum Gasteiger partial charge on any atom is -0.378 e. The predicted molar refractivity (Wildman–Crippen MR) is 62.8 cm³/mol. The van der Waals surface area contributed by atoms with Crippen LogP contribution in [0.15, 0.2) is 6.20 Å². The number of nitrogens with zero attached hydrogens (tertiary/aromatic N) is 3. The van der Waals surface area contributed by atoms with E-state index in [4.69, 9.17) is 16.3 Å². The molecular formula is C8H9ClIN3O. The van der Waals surface area contributed by atoms with E-state index in [-0.39, 0.29) is 0 Å². The number of anilines is 1. The molecule has 1 aliphatic rings. The summed E-state index contributed by atoms with van der Waals surface area (Å²) in [5.41, 5.74) is 0. The summed E-state index contributed by atoms with van der Waals surface area (Å²) in [6.07, 6.45) is 1.56. The third kappa shape index (κ3) is 2.26. The van der Waals surface area contributed by atoms with E-state index in [0.717, 1.165) is 35.8 Å². The van der Waals surface area contributed by atoms with E-state index in [2.05, 4.69) is 37.5 Å². The van der Waals surface area contributed by atoms with Crippen molar-refractivity contribution in [3.8, 4) is 0 Å². The molecule has 76 valence electrons. The summed E-state index contributed by atoms with van der Waals surface area (Å²) in [5.74, 6) is 0.862. The predicted octanol–water partition coefficient (Wildman–Crippen LogP) is 1.57. The summed E-state index contributed by atoms with van der Waals surface area (Å²) in [6, 6.07) is 0. The van der Waals surface area contributed by atoms with Gasteiger partial charge < -0.3 is 9.64 Å². The van der Waals surface area contributed by atoms with Gasteiger partial charge in [-0.3, -0.25) is 0 Å². The van der Waals surface area contributed by atoms with Gasteiger partial charge in [-0.25, -0.2) is 9.97 Å². The van der Waals surface area contributed by atoms with E-state index < -0.39 is 0 Å². The fraction of sp³-hybridized carbons (Fsp3) is 0.500. The monoisotopic (exact) mass is 325 g/mol. The van der Waals surface area contributed by atoms with Gasteiger partial charge in [-0.15, -0.1) is 0 Å². The Morgan fingerprint density at radius 2 is 2.14 bits per heavy atom. The molecule has 0 spiro atoms. The molecule has 0 radical (unpaired) electrons. The molecule has 0 atom stereocenters. The highest BCUT2D eigenvalue weighted by Gasteiger charge is 2.16. The van der Waals surface area contributed by atoms with Gasteiger partial charge in [-0.05, 0) is 22.6 Å². The number of hydrogen-bond donors (Lipinski definition) is 0. The largest absolute Gasteiger partial charge is 0.378 e. The molecule has 1 aromatic rings. The van der Waals surface area contributed by atoms with Crippen molar-refractivity contribution in [1.29, 1.82) is 0 Å². The second-order valence-electron chi connectivity index (χ2n) is 2.91. The Morgan fingerprint density at radius 3 is 2.86 bits per heavy atom. The van der Waals surface area contributed by atoms with Gasteiger partial charge in [0.2, 0.25) is 0 Å². The molecule has 0 amide bonds. The van der Waals surface area contributed by atoms with Crippen LogP contribution in [0.5, 0.6) is 0 Å². The first-order valence-corrected chi connectivity index (χ1v) is 5.74. The van der Waals surface area contributed by atoms with Crippen molar-refractivity contribution >= 4 is 40.0 Å². The minimum absolute atomic E-state index is 0.437. The number of morpholine rings is 1. The summed E-state index contributed by atoms with van der Waals surface area (Å²) in [6.45, 7) is 3.19. The maximum Gasteiger partial charge on any atom is 0.162 e. The van der Waals surface area contributed by atoms with Crippen LogP contribution in [-0.4, -0.2) is 36.3 Å². The Balaban J connectivity index is 2.24. The van der Waals surface area contributed by atoms with Gasteiger partial charge in [0.15, 0.2) is 5.82 Å². The average Bonchev–Trinajstić information content (AvgIpc) is 2.23. The Bertz CT molecular complexity index is 330. The molecule has 0 aromatic carbocycles. The molecule has 0 unspecified atom stereocenters. The van der Waals surface area contributed by atoms with E-state index in [1.54, 1.807) is 6.20 Å². The molecule has 2 heterocycles. The fourth-order valence-electron chi connectivity index (χ4n) is 1.32. The van der Waals surface area contributed by atoms with Crippen molar-refractivity contribution in [1.82, 2.24) is 9.97 Å². The van der Waals surface area contributed by atoms with Gasteiger partial charge >= 0.3 is 0 Å². The molecule has 0 saturated carbocycles. The van der Waals surface area contributed by atoms with E-state index >= 15 is 0 Å². The zero-order valence-electron chi connectivity index (χ0n) is 7.41. The van der Waals surface area contributed by atoms with Crippen molar-refractivity contribution in [2.75, 3.05) is 31.2 Å². The van der Waals surface area contributed by atoms with Crippen LogP contribution < -0.4 is 4.90 Å². The van der Waals surface area contributed by atoms with Crippen LogP contribution in [-0.2, 0) is 4.74 Å². The lowest BCUT2D eigenvalue weighted by Crippen LogP contribution is -2.37. The number of hydrogen-bond acceptors (Lipinski definition) is 4. The molecule has 4 nitrogen and oxygen atoms in total. The van der Waals surface area contributed by atoms with E-state index in [0.29, 0.717) is 5.15 Å². The second kappa shape index (κ2) is 4.59.